The zero-order valence-corrected chi connectivity index (χ0v) is 13.1. The number of carbonyl (C=O) groups is 2. The molecule has 3 aliphatic heterocycles. The van der Waals surface area contributed by atoms with Gasteiger partial charge in [0, 0.05) is 32.6 Å². The molecule has 1 spiro atoms. The Bertz CT molecular complexity index is 576. The van der Waals surface area contributed by atoms with Gasteiger partial charge in [0.15, 0.2) is 0 Å². The number of carbonyl (C=O) groups excluding carboxylic acids is 1. The van der Waals surface area contributed by atoms with E-state index < -0.39 is 27.6 Å². The molecule has 2 N–H and O–H groups in total. The highest BCUT2D eigenvalue weighted by Crippen LogP contribution is 2.37. The maximum absolute atomic E-state index is 12.5. The van der Waals surface area contributed by atoms with Crippen LogP contribution in [0.5, 0.6) is 0 Å². The minimum atomic E-state index is -3.45. The molecule has 3 saturated heterocycles. The molecule has 0 radical (unpaired) electrons. The molecule has 22 heavy (non-hydrogen) atoms. The van der Waals surface area contributed by atoms with Gasteiger partial charge in [-0.2, -0.15) is 17.0 Å². The Kier molecular flexibility index (Phi) is 3.90. The lowest BCUT2D eigenvalue weighted by Crippen LogP contribution is -2.57. The van der Waals surface area contributed by atoms with Gasteiger partial charge in [-0.3, -0.25) is 9.59 Å². The van der Waals surface area contributed by atoms with Crippen LogP contribution in [0.1, 0.15) is 32.1 Å². The van der Waals surface area contributed by atoms with E-state index in [9.17, 15) is 23.1 Å². The Morgan fingerprint density at radius 3 is 2.23 bits per heavy atom. The molecular formula is C13H21N3O5S. The Balaban J connectivity index is 1.72. The number of aliphatic carboxylic acids is 1. The number of rotatable bonds is 3. The van der Waals surface area contributed by atoms with Gasteiger partial charge in [-0.05, 0) is 25.7 Å². The third kappa shape index (κ3) is 2.50. The van der Waals surface area contributed by atoms with Crippen LogP contribution in [0, 0.1) is 5.92 Å². The van der Waals surface area contributed by atoms with Gasteiger partial charge in [0.1, 0.15) is 0 Å². The second-order valence-electron chi connectivity index (χ2n) is 6.31. The number of nitrogens with zero attached hydrogens (tertiary/aromatic N) is 2. The van der Waals surface area contributed by atoms with Crippen LogP contribution in [0.3, 0.4) is 0 Å². The van der Waals surface area contributed by atoms with E-state index >= 15 is 0 Å². The van der Waals surface area contributed by atoms with Gasteiger partial charge in [0.2, 0.25) is 5.91 Å². The van der Waals surface area contributed by atoms with Crippen LogP contribution in [-0.4, -0.2) is 65.7 Å². The van der Waals surface area contributed by atoms with Crippen molar-refractivity contribution in [1.82, 2.24) is 13.9 Å². The first kappa shape index (κ1) is 15.7. The summed E-state index contributed by atoms with van der Waals surface area (Å²) in [4.78, 5) is 23.0. The molecule has 0 unspecified atom stereocenters. The Morgan fingerprint density at radius 1 is 1.14 bits per heavy atom. The third-order valence-electron chi connectivity index (χ3n) is 5.08. The Labute approximate surface area is 129 Å². The van der Waals surface area contributed by atoms with E-state index in [1.165, 1.54) is 8.61 Å². The van der Waals surface area contributed by atoms with Crippen LogP contribution in [0.25, 0.3) is 0 Å². The Hall–Kier alpha value is -1.19. The molecule has 3 aliphatic rings. The molecule has 0 aromatic carbocycles. The van der Waals surface area contributed by atoms with Gasteiger partial charge >= 0.3 is 5.97 Å². The second kappa shape index (κ2) is 5.47. The van der Waals surface area contributed by atoms with Gasteiger partial charge in [0.05, 0.1) is 11.5 Å². The fraction of sp³-hybridized carbons (Fsp3) is 0.846. The predicted molar refractivity (Wildman–Crippen MR) is 77.2 cm³/mol. The average Bonchev–Trinajstić information content (AvgIpc) is 3.08. The lowest BCUT2D eigenvalue weighted by molar-refractivity contribution is -0.144. The van der Waals surface area contributed by atoms with Gasteiger partial charge in [-0.1, -0.05) is 0 Å². The van der Waals surface area contributed by atoms with Crippen molar-refractivity contribution in [1.29, 1.82) is 0 Å². The average molecular weight is 331 g/mol. The number of carboxylic acids is 1. The van der Waals surface area contributed by atoms with E-state index in [1.54, 1.807) is 0 Å². The Morgan fingerprint density at radius 2 is 1.68 bits per heavy atom. The number of carboxylic acid groups (broad SMARTS) is 1. The van der Waals surface area contributed by atoms with E-state index in [-0.39, 0.29) is 25.4 Å². The molecule has 0 aliphatic carbocycles. The molecule has 0 aromatic heterocycles. The van der Waals surface area contributed by atoms with Crippen molar-refractivity contribution in [2.75, 3.05) is 26.2 Å². The molecule has 1 amide bonds. The minimum absolute atomic E-state index is 0.0196. The van der Waals surface area contributed by atoms with Crippen LogP contribution in [0.15, 0.2) is 0 Å². The first-order chi connectivity index (χ1) is 10.3. The summed E-state index contributed by atoms with van der Waals surface area (Å²) >= 11 is 0. The lowest BCUT2D eigenvalue weighted by Gasteiger charge is -2.41. The van der Waals surface area contributed by atoms with Crippen LogP contribution >= 0.6 is 0 Å². The molecule has 3 fully saturated rings. The fourth-order valence-corrected chi connectivity index (χ4v) is 5.48. The maximum atomic E-state index is 12.5. The molecule has 1 atom stereocenters. The SMILES string of the molecule is O=C1C[C@H](C(=O)O)C2(CCN(S(=O)(=O)N3CCCC3)CC2)N1. The molecule has 3 rings (SSSR count). The molecule has 0 bridgehead atoms. The lowest BCUT2D eigenvalue weighted by atomic mass is 9.78. The first-order valence-corrected chi connectivity index (χ1v) is 9.04. The number of hydrogen-bond acceptors (Lipinski definition) is 4. The number of nitrogens with one attached hydrogen (secondary N) is 1. The topological polar surface area (TPSA) is 107 Å². The van der Waals surface area contributed by atoms with Crippen molar-refractivity contribution in [3.8, 4) is 0 Å². The summed E-state index contributed by atoms with van der Waals surface area (Å²) < 4.78 is 28.0. The van der Waals surface area contributed by atoms with Crippen molar-refractivity contribution in [2.45, 2.75) is 37.6 Å². The molecule has 0 saturated carbocycles. The van der Waals surface area contributed by atoms with Crippen LogP contribution < -0.4 is 5.32 Å². The summed E-state index contributed by atoms with van der Waals surface area (Å²) in [6.45, 7) is 1.61. The quantitative estimate of drug-likeness (QED) is 0.717. The summed E-state index contributed by atoms with van der Waals surface area (Å²) in [6.07, 6.45) is 2.45. The van der Waals surface area contributed by atoms with Crippen LogP contribution in [-0.2, 0) is 19.8 Å². The smallest absolute Gasteiger partial charge is 0.309 e. The zero-order chi connectivity index (χ0) is 16.0. The molecule has 8 nitrogen and oxygen atoms in total. The molecule has 3 heterocycles. The van der Waals surface area contributed by atoms with Crippen molar-refractivity contribution in [2.24, 2.45) is 5.92 Å². The van der Waals surface area contributed by atoms with Gasteiger partial charge < -0.3 is 10.4 Å². The number of piperidine rings is 1. The van der Waals surface area contributed by atoms with E-state index in [1.807, 2.05) is 0 Å². The predicted octanol–water partition coefficient (Wildman–Crippen LogP) is -0.618. The van der Waals surface area contributed by atoms with Crippen LogP contribution in [0.2, 0.25) is 0 Å². The van der Waals surface area contributed by atoms with Crippen molar-refractivity contribution in [3.63, 3.8) is 0 Å². The largest absolute Gasteiger partial charge is 0.481 e. The van der Waals surface area contributed by atoms with E-state index in [4.69, 9.17) is 0 Å². The maximum Gasteiger partial charge on any atom is 0.309 e. The van der Waals surface area contributed by atoms with E-state index in [0.717, 1.165) is 12.8 Å². The molecule has 0 aromatic rings. The van der Waals surface area contributed by atoms with E-state index in [0.29, 0.717) is 25.9 Å². The van der Waals surface area contributed by atoms with Crippen molar-refractivity contribution in [3.05, 3.63) is 0 Å². The standard InChI is InChI=1S/C13H21N3O5S/c17-11-9-10(12(18)19)13(14-11)3-7-16(8-4-13)22(20,21)15-5-1-2-6-15/h10H,1-9H2,(H,14,17)(H,18,19)/t10-/m1/s1. The van der Waals surface area contributed by atoms with Crippen molar-refractivity contribution >= 4 is 22.1 Å². The highest BCUT2D eigenvalue weighted by Gasteiger charge is 2.53. The monoisotopic (exact) mass is 331 g/mol. The normalized spacial score (nSPS) is 29.8. The summed E-state index contributed by atoms with van der Waals surface area (Å²) in [5.74, 6) is -2.02. The fourth-order valence-electron chi connectivity index (χ4n) is 3.79. The minimum Gasteiger partial charge on any atom is -0.481 e. The first-order valence-electron chi connectivity index (χ1n) is 7.64. The van der Waals surface area contributed by atoms with Crippen molar-refractivity contribution < 1.29 is 23.1 Å². The highest BCUT2D eigenvalue weighted by atomic mass is 32.2. The van der Waals surface area contributed by atoms with Crippen LogP contribution in [0.4, 0.5) is 0 Å². The summed E-state index contributed by atoms with van der Waals surface area (Å²) in [7, 11) is -3.45. The summed E-state index contributed by atoms with van der Waals surface area (Å²) in [6, 6.07) is 0. The van der Waals surface area contributed by atoms with Gasteiger partial charge in [-0.25, -0.2) is 0 Å². The second-order valence-corrected chi connectivity index (χ2v) is 8.24. The molecular weight excluding hydrogens is 310 g/mol. The molecule has 9 heteroatoms. The molecule has 124 valence electrons. The van der Waals surface area contributed by atoms with Gasteiger partial charge in [0.25, 0.3) is 10.2 Å². The highest BCUT2D eigenvalue weighted by molar-refractivity contribution is 7.86. The third-order valence-corrected chi connectivity index (χ3v) is 7.11. The van der Waals surface area contributed by atoms with E-state index in [2.05, 4.69) is 5.32 Å². The van der Waals surface area contributed by atoms with Gasteiger partial charge in [-0.15, -0.1) is 0 Å². The number of hydrogen-bond donors (Lipinski definition) is 2. The summed E-state index contributed by atoms with van der Waals surface area (Å²) in [5, 5.41) is 12.1. The zero-order valence-electron chi connectivity index (χ0n) is 12.3. The number of amides is 1. The summed E-state index contributed by atoms with van der Waals surface area (Å²) in [5.41, 5.74) is -0.792.